The van der Waals surface area contributed by atoms with E-state index in [0.717, 1.165) is 58.4 Å². The minimum Gasteiger partial charge on any atom is -0.494 e. The van der Waals surface area contributed by atoms with Crippen molar-refractivity contribution in [1.82, 2.24) is 9.78 Å². The Morgan fingerprint density at radius 2 is 1.97 bits per heavy atom. The van der Waals surface area contributed by atoms with Crippen LogP contribution in [0.3, 0.4) is 0 Å². The van der Waals surface area contributed by atoms with Crippen LogP contribution in [0.4, 0.5) is 5.82 Å². The maximum Gasteiger partial charge on any atom is 0.256 e. The van der Waals surface area contributed by atoms with E-state index in [1.807, 2.05) is 40.7 Å². The van der Waals surface area contributed by atoms with E-state index in [2.05, 4.69) is 44.3 Å². The summed E-state index contributed by atoms with van der Waals surface area (Å²) in [5, 5.41) is 7.94. The van der Waals surface area contributed by atoms with E-state index in [4.69, 9.17) is 9.84 Å². The molecule has 3 aromatic rings. The second-order valence-electron chi connectivity index (χ2n) is 7.65. The lowest BCUT2D eigenvalue weighted by Crippen LogP contribution is -2.16. The lowest BCUT2D eigenvalue weighted by atomic mass is 10.1. The fourth-order valence-corrected chi connectivity index (χ4v) is 4.61. The first-order chi connectivity index (χ1) is 14.6. The van der Waals surface area contributed by atoms with Gasteiger partial charge in [0, 0.05) is 22.6 Å². The monoisotopic (exact) mass is 421 g/mol. The van der Waals surface area contributed by atoms with Gasteiger partial charge in [-0.3, -0.25) is 4.79 Å². The molecule has 5 nitrogen and oxygen atoms in total. The summed E-state index contributed by atoms with van der Waals surface area (Å²) in [5.74, 6) is 3.16. The standard InChI is InChI=1S/C24H27N3O2S/c1-4-5-12-29-19-9-7-18(8-10-19)24(28)25-23-20-14-30-15-21(20)26-27(23)22-11-6-16(2)13-17(22)3/h6-11,13H,4-5,12,14-15H2,1-3H3,(H,25,28). The topological polar surface area (TPSA) is 56.1 Å². The number of aromatic nitrogens is 2. The van der Waals surface area contributed by atoms with Crippen LogP contribution in [0, 0.1) is 13.8 Å². The molecule has 0 unspecified atom stereocenters. The maximum absolute atomic E-state index is 13.0. The van der Waals surface area contributed by atoms with Gasteiger partial charge >= 0.3 is 0 Å². The number of carbonyl (C=O) groups excluding carboxylic acids is 1. The molecular weight excluding hydrogens is 394 g/mol. The number of nitrogens with zero attached hydrogens (tertiary/aromatic N) is 2. The Bertz CT molecular complexity index is 1060. The number of hydrogen-bond acceptors (Lipinski definition) is 4. The van der Waals surface area contributed by atoms with Gasteiger partial charge in [-0.05, 0) is 56.2 Å². The largest absolute Gasteiger partial charge is 0.494 e. The number of thioether (sulfide) groups is 1. The predicted molar refractivity (Wildman–Crippen MR) is 123 cm³/mol. The van der Waals surface area contributed by atoms with E-state index < -0.39 is 0 Å². The zero-order chi connectivity index (χ0) is 21.1. The van der Waals surface area contributed by atoms with Crippen molar-refractivity contribution in [2.45, 2.75) is 45.1 Å². The molecule has 1 N–H and O–H groups in total. The molecule has 2 heterocycles. The molecule has 0 spiro atoms. The number of carbonyl (C=O) groups is 1. The second-order valence-corrected chi connectivity index (χ2v) is 8.63. The number of fused-ring (bicyclic) bond motifs is 1. The molecule has 0 radical (unpaired) electrons. The van der Waals surface area contributed by atoms with Crippen molar-refractivity contribution in [2.24, 2.45) is 0 Å². The van der Waals surface area contributed by atoms with Gasteiger partial charge in [0.1, 0.15) is 11.6 Å². The van der Waals surface area contributed by atoms with Crippen LogP contribution in [0.15, 0.2) is 42.5 Å². The first-order valence-electron chi connectivity index (χ1n) is 10.4. The van der Waals surface area contributed by atoms with E-state index in [1.54, 1.807) is 0 Å². The summed E-state index contributed by atoms with van der Waals surface area (Å²) in [5.41, 5.74) is 6.11. The van der Waals surface area contributed by atoms with Crippen molar-refractivity contribution in [3.8, 4) is 11.4 Å². The third kappa shape index (κ3) is 4.24. The number of benzene rings is 2. The summed E-state index contributed by atoms with van der Waals surface area (Å²) in [4.78, 5) is 13.0. The van der Waals surface area contributed by atoms with Gasteiger partial charge < -0.3 is 10.1 Å². The number of unbranched alkanes of at least 4 members (excludes halogenated alkanes) is 1. The highest BCUT2D eigenvalue weighted by Crippen LogP contribution is 2.36. The Labute approximate surface area is 181 Å². The lowest BCUT2D eigenvalue weighted by Gasteiger charge is -2.14. The first kappa shape index (κ1) is 20.5. The van der Waals surface area contributed by atoms with Crippen LogP contribution in [-0.2, 0) is 11.5 Å². The highest BCUT2D eigenvalue weighted by molar-refractivity contribution is 7.98. The maximum atomic E-state index is 13.0. The minimum atomic E-state index is -0.138. The third-order valence-corrected chi connectivity index (χ3v) is 6.22. The Morgan fingerprint density at radius 1 is 1.17 bits per heavy atom. The fraction of sp³-hybridized carbons (Fsp3) is 0.333. The van der Waals surface area contributed by atoms with Gasteiger partial charge in [0.25, 0.3) is 5.91 Å². The molecule has 0 atom stereocenters. The smallest absolute Gasteiger partial charge is 0.256 e. The molecule has 0 fully saturated rings. The Hall–Kier alpha value is -2.73. The van der Waals surface area contributed by atoms with Crippen LogP contribution in [0.2, 0.25) is 0 Å². The SMILES string of the molecule is CCCCOc1ccc(C(=O)Nc2c3c(nn2-c2ccc(C)cc2C)CSC3)cc1. The van der Waals surface area contributed by atoms with Crippen molar-refractivity contribution in [3.05, 3.63) is 70.4 Å². The van der Waals surface area contributed by atoms with Crippen LogP contribution in [-0.4, -0.2) is 22.3 Å². The quantitative estimate of drug-likeness (QED) is 0.500. The van der Waals surface area contributed by atoms with Gasteiger partial charge in [0.15, 0.2) is 0 Å². The summed E-state index contributed by atoms with van der Waals surface area (Å²) in [6, 6.07) is 13.6. The number of rotatable bonds is 7. The van der Waals surface area contributed by atoms with E-state index in [0.29, 0.717) is 12.2 Å². The summed E-state index contributed by atoms with van der Waals surface area (Å²) in [7, 11) is 0. The number of nitrogens with one attached hydrogen (secondary N) is 1. The van der Waals surface area contributed by atoms with Crippen molar-refractivity contribution < 1.29 is 9.53 Å². The number of anilines is 1. The van der Waals surface area contributed by atoms with Crippen LogP contribution >= 0.6 is 11.8 Å². The zero-order valence-corrected chi connectivity index (χ0v) is 18.5. The molecular formula is C24H27N3O2S. The van der Waals surface area contributed by atoms with E-state index in [-0.39, 0.29) is 5.91 Å². The van der Waals surface area contributed by atoms with Crippen LogP contribution in [0.1, 0.15) is 52.5 Å². The van der Waals surface area contributed by atoms with Gasteiger partial charge in [-0.2, -0.15) is 16.9 Å². The molecule has 156 valence electrons. The molecule has 1 aliphatic rings. The molecule has 4 rings (SSSR count). The predicted octanol–water partition coefficient (Wildman–Crippen LogP) is 5.67. The van der Waals surface area contributed by atoms with Crippen LogP contribution < -0.4 is 10.1 Å². The zero-order valence-electron chi connectivity index (χ0n) is 17.7. The van der Waals surface area contributed by atoms with Gasteiger partial charge in [-0.15, -0.1) is 0 Å². The molecule has 0 saturated heterocycles. The number of aryl methyl sites for hydroxylation is 2. The molecule has 1 aliphatic heterocycles. The number of amides is 1. The summed E-state index contributed by atoms with van der Waals surface area (Å²) < 4.78 is 7.59. The van der Waals surface area contributed by atoms with E-state index in [9.17, 15) is 4.79 Å². The molecule has 2 aromatic carbocycles. The van der Waals surface area contributed by atoms with Crippen molar-refractivity contribution in [3.63, 3.8) is 0 Å². The molecule has 30 heavy (non-hydrogen) atoms. The normalized spacial score (nSPS) is 12.6. The lowest BCUT2D eigenvalue weighted by molar-refractivity contribution is 0.102. The van der Waals surface area contributed by atoms with Gasteiger partial charge in [0.05, 0.1) is 18.0 Å². The summed E-state index contributed by atoms with van der Waals surface area (Å²) in [6.45, 7) is 6.98. The Kier molecular flexibility index (Phi) is 6.13. The molecule has 1 aromatic heterocycles. The Balaban J connectivity index is 1.59. The minimum absolute atomic E-state index is 0.138. The molecule has 0 saturated carbocycles. The molecule has 0 aliphatic carbocycles. The first-order valence-corrected chi connectivity index (χ1v) is 11.5. The molecule has 0 bridgehead atoms. The summed E-state index contributed by atoms with van der Waals surface area (Å²) >= 11 is 1.82. The molecule has 1 amide bonds. The molecule has 6 heteroatoms. The van der Waals surface area contributed by atoms with Gasteiger partial charge in [-0.1, -0.05) is 31.0 Å². The van der Waals surface area contributed by atoms with Crippen molar-refractivity contribution in [1.29, 1.82) is 0 Å². The number of ether oxygens (including phenoxy) is 1. The van der Waals surface area contributed by atoms with Gasteiger partial charge in [0.2, 0.25) is 0 Å². The van der Waals surface area contributed by atoms with Crippen LogP contribution in [0.5, 0.6) is 5.75 Å². The van der Waals surface area contributed by atoms with Crippen LogP contribution in [0.25, 0.3) is 5.69 Å². The fourth-order valence-electron chi connectivity index (χ4n) is 3.58. The van der Waals surface area contributed by atoms with E-state index in [1.165, 1.54) is 5.56 Å². The third-order valence-electron chi connectivity index (χ3n) is 5.25. The highest BCUT2D eigenvalue weighted by atomic mass is 32.2. The number of hydrogen-bond donors (Lipinski definition) is 1. The average molecular weight is 422 g/mol. The van der Waals surface area contributed by atoms with Gasteiger partial charge in [-0.25, -0.2) is 4.68 Å². The Morgan fingerprint density at radius 3 is 2.70 bits per heavy atom. The van der Waals surface area contributed by atoms with Crippen molar-refractivity contribution >= 4 is 23.5 Å². The van der Waals surface area contributed by atoms with Crippen molar-refractivity contribution in [2.75, 3.05) is 11.9 Å². The van der Waals surface area contributed by atoms with E-state index >= 15 is 0 Å². The highest BCUT2D eigenvalue weighted by Gasteiger charge is 2.25. The second kappa shape index (κ2) is 8.96. The summed E-state index contributed by atoms with van der Waals surface area (Å²) in [6.07, 6.45) is 2.12. The average Bonchev–Trinajstić information content (AvgIpc) is 3.31.